The first-order chi connectivity index (χ1) is 8.59. The van der Waals surface area contributed by atoms with E-state index in [2.05, 4.69) is 9.97 Å². The Morgan fingerprint density at radius 1 is 1.22 bits per heavy atom. The molecule has 0 aliphatic rings. The highest BCUT2D eigenvalue weighted by Gasteiger charge is 2.17. The fourth-order valence-electron chi connectivity index (χ4n) is 1.67. The molecule has 1 aromatic heterocycles. The first-order valence-corrected chi connectivity index (χ1v) is 5.70. The number of aromatic nitrogens is 2. The molecule has 0 amide bonds. The third-order valence-corrected chi connectivity index (χ3v) is 2.58. The molecule has 0 atom stereocenters. The highest BCUT2D eigenvalue weighted by atomic mass is 19.1. The van der Waals surface area contributed by atoms with Gasteiger partial charge in [-0.05, 0) is 24.3 Å². The number of nitrogens with zero attached hydrogens (tertiary/aromatic N) is 2. The Kier molecular flexibility index (Phi) is 3.46. The Hall–Kier alpha value is -2.10. The van der Waals surface area contributed by atoms with Gasteiger partial charge in [0.05, 0.1) is 0 Å². The van der Waals surface area contributed by atoms with Gasteiger partial charge in [-0.1, -0.05) is 13.8 Å². The Labute approximate surface area is 105 Å². The van der Waals surface area contributed by atoms with Gasteiger partial charge in [-0.25, -0.2) is 14.4 Å². The summed E-state index contributed by atoms with van der Waals surface area (Å²) in [6.07, 6.45) is 3.13. The Balaban J connectivity index is 2.58. The first-order valence-electron chi connectivity index (χ1n) is 5.70. The number of carbonyl (C=O) groups is 1. The normalized spacial score (nSPS) is 10.7. The zero-order valence-corrected chi connectivity index (χ0v) is 10.2. The van der Waals surface area contributed by atoms with Gasteiger partial charge in [0.25, 0.3) is 0 Å². The molecule has 0 saturated heterocycles. The lowest BCUT2D eigenvalue weighted by atomic mass is 9.96. The molecule has 0 aliphatic carbocycles. The number of Topliss-reactive ketones (excluding diaryl/α,β-unsaturated/α-hetero) is 1. The van der Waals surface area contributed by atoms with Crippen molar-refractivity contribution in [3.63, 3.8) is 0 Å². The third-order valence-electron chi connectivity index (χ3n) is 2.58. The summed E-state index contributed by atoms with van der Waals surface area (Å²) in [5.74, 6) is -0.242. The number of rotatable bonds is 3. The minimum absolute atomic E-state index is 0.0440. The van der Waals surface area contributed by atoms with Crippen LogP contribution in [0.25, 0.3) is 11.4 Å². The van der Waals surface area contributed by atoms with Crippen LogP contribution in [0.2, 0.25) is 0 Å². The molecule has 2 aromatic rings. The second-order valence-electron chi connectivity index (χ2n) is 4.28. The van der Waals surface area contributed by atoms with Crippen LogP contribution in [0.15, 0.2) is 36.7 Å². The summed E-state index contributed by atoms with van der Waals surface area (Å²) >= 11 is 0. The van der Waals surface area contributed by atoms with Crippen molar-refractivity contribution in [2.75, 3.05) is 0 Å². The molecule has 1 aromatic carbocycles. The molecule has 0 spiro atoms. The number of ketones is 1. The maximum Gasteiger partial charge on any atom is 0.166 e. The Bertz CT molecular complexity index is 567. The number of hydrogen-bond acceptors (Lipinski definition) is 3. The van der Waals surface area contributed by atoms with E-state index in [9.17, 15) is 9.18 Å². The lowest BCUT2D eigenvalue weighted by Gasteiger charge is -2.09. The van der Waals surface area contributed by atoms with Crippen LogP contribution in [0.1, 0.15) is 24.2 Å². The summed E-state index contributed by atoms with van der Waals surface area (Å²) in [5, 5.41) is 0. The van der Waals surface area contributed by atoms with Gasteiger partial charge in [0.15, 0.2) is 11.6 Å². The number of carbonyl (C=O) groups excluding carboxylic acids is 1. The Morgan fingerprint density at radius 2 is 1.89 bits per heavy atom. The summed E-state index contributed by atoms with van der Waals surface area (Å²) in [6, 6.07) is 5.74. The third kappa shape index (κ3) is 2.42. The molecule has 18 heavy (non-hydrogen) atoms. The molecule has 4 heteroatoms. The van der Waals surface area contributed by atoms with Crippen LogP contribution in [0, 0.1) is 11.7 Å². The fraction of sp³-hybridized carbons (Fsp3) is 0.214. The van der Waals surface area contributed by atoms with E-state index in [1.54, 1.807) is 32.3 Å². The van der Waals surface area contributed by atoms with Crippen LogP contribution < -0.4 is 0 Å². The first kappa shape index (κ1) is 12.4. The molecular weight excluding hydrogens is 231 g/mol. The average Bonchev–Trinajstić information content (AvgIpc) is 2.39. The predicted octanol–water partition coefficient (Wildman–Crippen LogP) is 3.12. The van der Waals surface area contributed by atoms with Crippen molar-refractivity contribution < 1.29 is 9.18 Å². The molecule has 2 rings (SSSR count). The quantitative estimate of drug-likeness (QED) is 0.779. The van der Waals surface area contributed by atoms with Gasteiger partial charge >= 0.3 is 0 Å². The van der Waals surface area contributed by atoms with Gasteiger partial charge in [-0.3, -0.25) is 4.79 Å². The fourth-order valence-corrected chi connectivity index (χ4v) is 1.67. The van der Waals surface area contributed by atoms with Gasteiger partial charge in [-0.15, -0.1) is 0 Å². The summed E-state index contributed by atoms with van der Waals surface area (Å²) in [5.41, 5.74) is 0.895. The van der Waals surface area contributed by atoms with E-state index in [0.717, 1.165) is 0 Å². The van der Waals surface area contributed by atoms with E-state index < -0.39 is 5.82 Å². The highest BCUT2D eigenvalue weighted by molar-refractivity contribution is 6.02. The molecule has 1 heterocycles. The molecule has 0 unspecified atom stereocenters. The van der Waals surface area contributed by atoms with Crippen LogP contribution in [0.3, 0.4) is 0 Å². The summed E-state index contributed by atoms with van der Waals surface area (Å²) in [6.45, 7) is 3.61. The molecule has 0 saturated carbocycles. The van der Waals surface area contributed by atoms with Crippen molar-refractivity contribution in [1.29, 1.82) is 0 Å². The maximum absolute atomic E-state index is 13.3. The van der Waals surface area contributed by atoms with E-state index >= 15 is 0 Å². The summed E-state index contributed by atoms with van der Waals surface area (Å²) in [4.78, 5) is 20.2. The van der Waals surface area contributed by atoms with Crippen molar-refractivity contribution >= 4 is 5.78 Å². The van der Waals surface area contributed by atoms with Crippen LogP contribution in [0.4, 0.5) is 4.39 Å². The molecule has 0 N–H and O–H groups in total. The summed E-state index contributed by atoms with van der Waals surface area (Å²) < 4.78 is 13.3. The number of benzene rings is 1. The van der Waals surface area contributed by atoms with Gasteiger partial charge < -0.3 is 0 Å². The largest absolute Gasteiger partial charge is 0.294 e. The van der Waals surface area contributed by atoms with Crippen molar-refractivity contribution in [3.05, 3.63) is 48.0 Å². The van der Waals surface area contributed by atoms with Crippen molar-refractivity contribution in [1.82, 2.24) is 9.97 Å². The van der Waals surface area contributed by atoms with Gasteiger partial charge in [-0.2, -0.15) is 0 Å². The van der Waals surface area contributed by atoms with Crippen molar-refractivity contribution in [2.45, 2.75) is 13.8 Å². The molecule has 0 radical (unpaired) electrons. The maximum atomic E-state index is 13.3. The number of halogens is 1. The van der Waals surface area contributed by atoms with Gasteiger partial charge in [0, 0.05) is 29.4 Å². The summed E-state index contributed by atoms with van der Waals surface area (Å²) in [7, 11) is 0. The zero-order valence-electron chi connectivity index (χ0n) is 10.2. The van der Waals surface area contributed by atoms with Crippen LogP contribution >= 0.6 is 0 Å². The second kappa shape index (κ2) is 5.04. The molecule has 92 valence electrons. The van der Waals surface area contributed by atoms with E-state index in [0.29, 0.717) is 17.0 Å². The molecular formula is C14H13FN2O. The van der Waals surface area contributed by atoms with E-state index in [-0.39, 0.29) is 11.7 Å². The van der Waals surface area contributed by atoms with Crippen molar-refractivity contribution in [2.24, 2.45) is 5.92 Å². The highest BCUT2D eigenvalue weighted by Crippen LogP contribution is 2.23. The standard InChI is InChI=1S/C14H13FN2O/c1-9(2)13(18)11-5-4-10(15)8-12(11)14-16-6-3-7-17-14/h3-9H,1-2H3. The van der Waals surface area contributed by atoms with Gasteiger partial charge in [0.1, 0.15) is 5.82 Å². The lowest BCUT2D eigenvalue weighted by Crippen LogP contribution is -2.10. The lowest BCUT2D eigenvalue weighted by molar-refractivity contribution is 0.0940. The monoisotopic (exact) mass is 244 g/mol. The van der Waals surface area contributed by atoms with Crippen LogP contribution in [-0.2, 0) is 0 Å². The van der Waals surface area contributed by atoms with Crippen molar-refractivity contribution in [3.8, 4) is 11.4 Å². The zero-order chi connectivity index (χ0) is 13.1. The molecule has 0 bridgehead atoms. The minimum atomic E-state index is -0.405. The molecule has 0 fully saturated rings. The van der Waals surface area contributed by atoms with Crippen LogP contribution in [-0.4, -0.2) is 15.8 Å². The van der Waals surface area contributed by atoms with Gasteiger partial charge in [0.2, 0.25) is 0 Å². The van der Waals surface area contributed by atoms with E-state index in [1.807, 2.05) is 0 Å². The SMILES string of the molecule is CC(C)C(=O)c1ccc(F)cc1-c1ncccn1. The minimum Gasteiger partial charge on any atom is -0.294 e. The van der Waals surface area contributed by atoms with Crippen LogP contribution in [0.5, 0.6) is 0 Å². The predicted molar refractivity (Wildman–Crippen MR) is 66.6 cm³/mol. The smallest absolute Gasteiger partial charge is 0.166 e. The Morgan fingerprint density at radius 3 is 2.50 bits per heavy atom. The second-order valence-corrected chi connectivity index (χ2v) is 4.28. The average molecular weight is 244 g/mol. The topological polar surface area (TPSA) is 42.9 Å². The van der Waals surface area contributed by atoms with E-state index in [4.69, 9.17) is 0 Å². The molecule has 0 aliphatic heterocycles. The number of hydrogen-bond donors (Lipinski definition) is 0. The van der Waals surface area contributed by atoms with E-state index in [1.165, 1.54) is 18.2 Å². The molecule has 3 nitrogen and oxygen atoms in total.